The molecule has 0 saturated carbocycles. The van der Waals surface area contributed by atoms with E-state index < -0.39 is 0 Å². The molecule has 6 heteroatoms. The molecule has 2 rings (SSSR count). The fraction of sp³-hybridized carbons (Fsp3) is 0.333. The number of piperazine rings is 1. The molecule has 1 aromatic carbocycles. The van der Waals surface area contributed by atoms with E-state index in [4.69, 9.17) is 18.0 Å². The highest BCUT2D eigenvalue weighted by molar-refractivity contribution is 9.10. The second-order valence-electron chi connectivity index (χ2n) is 4.26. The first-order valence-corrected chi connectivity index (χ1v) is 6.77. The summed E-state index contributed by atoms with van der Waals surface area (Å²) in [4.78, 5) is 15.8. The summed E-state index contributed by atoms with van der Waals surface area (Å²) in [5.41, 5.74) is 7.47. The van der Waals surface area contributed by atoms with Gasteiger partial charge in [0.25, 0.3) is 0 Å². The van der Waals surface area contributed by atoms with Crippen LogP contribution >= 0.6 is 28.1 Å². The Morgan fingerprint density at radius 1 is 1.44 bits per heavy atom. The van der Waals surface area contributed by atoms with Crippen molar-refractivity contribution in [2.75, 3.05) is 31.6 Å². The van der Waals surface area contributed by atoms with Crippen LogP contribution in [-0.2, 0) is 4.79 Å². The monoisotopic (exact) mass is 327 g/mol. The Labute approximate surface area is 120 Å². The maximum atomic E-state index is 11.7. The number of nitrogens with two attached hydrogens (primary N) is 1. The fourth-order valence-electron chi connectivity index (χ4n) is 1.95. The minimum Gasteiger partial charge on any atom is -0.389 e. The summed E-state index contributed by atoms with van der Waals surface area (Å²) in [6.07, 6.45) is 0. The number of thiocarbonyl (C=S) groups is 1. The molecule has 1 amide bonds. The van der Waals surface area contributed by atoms with Gasteiger partial charge in [-0.2, -0.15) is 0 Å². The first-order chi connectivity index (χ1) is 8.49. The molecular weight excluding hydrogens is 314 g/mol. The van der Waals surface area contributed by atoms with Crippen LogP contribution in [-0.4, -0.2) is 42.5 Å². The van der Waals surface area contributed by atoms with Gasteiger partial charge in [0.1, 0.15) is 4.99 Å². The molecule has 18 heavy (non-hydrogen) atoms. The third-order valence-electron chi connectivity index (χ3n) is 3.02. The van der Waals surface area contributed by atoms with Crippen LogP contribution in [0.4, 0.5) is 5.69 Å². The van der Waals surface area contributed by atoms with Gasteiger partial charge in [-0.25, -0.2) is 0 Å². The van der Waals surface area contributed by atoms with Crippen LogP contribution < -0.4 is 10.6 Å². The molecule has 4 nitrogen and oxygen atoms in total. The lowest BCUT2D eigenvalue weighted by Gasteiger charge is -2.34. The van der Waals surface area contributed by atoms with Gasteiger partial charge in [0.2, 0.25) is 5.91 Å². The number of benzene rings is 1. The standard InChI is InChI=1S/C12H14BrN3OS/c1-15-4-5-16(7-11(15)17)10-3-2-8(13)6-9(10)12(14)18/h2-3,6H,4-5,7H2,1H3,(H2,14,18). The van der Waals surface area contributed by atoms with Crippen LogP contribution in [0.3, 0.4) is 0 Å². The molecule has 0 aliphatic carbocycles. The number of carbonyl (C=O) groups excluding carboxylic acids is 1. The van der Waals surface area contributed by atoms with Crippen LogP contribution in [0.25, 0.3) is 0 Å². The van der Waals surface area contributed by atoms with Crippen molar-refractivity contribution < 1.29 is 4.79 Å². The third-order valence-corrected chi connectivity index (χ3v) is 3.74. The summed E-state index contributed by atoms with van der Waals surface area (Å²) in [5, 5.41) is 0. The molecule has 1 heterocycles. The first kappa shape index (κ1) is 13.3. The molecule has 1 fully saturated rings. The summed E-state index contributed by atoms with van der Waals surface area (Å²) < 4.78 is 0.925. The average Bonchev–Trinajstić information content (AvgIpc) is 2.32. The first-order valence-electron chi connectivity index (χ1n) is 5.57. The van der Waals surface area contributed by atoms with Gasteiger partial charge in [0.15, 0.2) is 0 Å². The highest BCUT2D eigenvalue weighted by Crippen LogP contribution is 2.25. The smallest absolute Gasteiger partial charge is 0.241 e. The van der Waals surface area contributed by atoms with Crippen LogP contribution in [0.1, 0.15) is 5.56 Å². The van der Waals surface area contributed by atoms with Crippen molar-refractivity contribution in [3.63, 3.8) is 0 Å². The van der Waals surface area contributed by atoms with E-state index in [1.54, 1.807) is 4.90 Å². The number of hydrogen-bond donors (Lipinski definition) is 1. The number of amides is 1. The van der Waals surface area contributed by atoms with E-state index >= 15 is 0 Å². The van der Waals surface area contributed by atoms with Gasteiger partial charge in [-0.1, -0.05) is 28.1 Å². The third kappa shape index (κ3) is 2.64. The van der Waals surface area contributed by atoms with Crippen LogP contribution in [0, 0.1) is 0 Å². The van der Waals surface area contributed by atoms with Crippen LogP contribution in [0.2, 0.25) is 0 Å². The van der Waals surface area contributed by atoms with E-state index in [0.717, 1.165) is 22.3 Å². The van der Waals surface area contributed by atoms with Crippen molar-refractivity contribution in [2.24, 2.45) is 5.73 Å². The van der Waals surface area contributed by atoms with Crippen molar-refractivity contribution in [3.05, 3.63) is 28.2 Å². The molecule has 1 saturated heterocycles. The molecule has 96 valence electrons. The van der Waals surface area contributed by atoms with Gasteiger partial charge >= 0.3 is 0 Å². The van der Waals surface area contributed by atoms with E-state index in [1.165, 1.54) is 0 Å². The number of halogens is 1. The summed E-state index contributed by atoms with van der Waals surface area (Å²) in [7, 11) is 1.82. The Balaban J connectivity index is 2.33. The van der Waals surface area contributed by atoms with E-state index in [0.29, 0.717) is 18.1 Å². The fourth-order valence-corrected chi connectivity index (χ4v) is 2.47. The second-order valence-corrected chi connectivity index (χ2v) is 5.62. The molecule has 0 unspecified atom stereocenters. The van der Waals surface area contributed by atoms with E-state index in [-0.39, 0.29) is 5.91 Å². The number of nitrogens with zero attached hydrogens (tertiary/aromatic N) is 2. The molecule has 0 spiro atoms. The van der Waals surface area contributed by atoms with Crippen molar-refractivity contribution in [1.29, 1.82) is 0 Å². The molecule has 1 aliphatic rings. The Hall–Kier alpha value is -1.14. The van der Waals surface area contributed by atoms with E-state index in [1.807, 2.05) is 30.1 Å². The normalized spacial score (nSPS) is 16.0. The molecule has 0 bridgehead atoms. The van der Waals surface area contributed by atoms with Gasteiger partial charge in [0, 0.05) is 35.9 Å². The van der Waals surface area contributed by atoms with Gasteiger partial charge in [0.05, 0.1) is 6.54 Å². The predicted octanol–water partition coefficient (Wildman–Crippen LogP) is 1.36. The van der Waals surface area contributed by atoms with Gasteiger partial charge in [-0.15, -0.1) is 0 Å². The van der Waals surface area contributed by atoms with E-state index in [9.17, 15) is 4.79 Å². The number of likely N-dealkylation sites (N-methyl/N-ethyl adjacent to an activating group) is 1. The van der Waals surface area contributed by atoms with Crippen LogP contribution in [0.5, 0.6) is 0 Å². The largest absolute Gasteiger partial charge is 0.389 e. The Morgan fingerprint density at radius 3 is 2.78 bits per heavy atom. The van der Waals surface area contributed by atoms with Crippen molar-refractivity contribution >= 4 is 44.7 Å². The molecule has 1 aliphatic heterocycles. The SMILES string of the molecule is CN1CCN(c2ccc(Br)cc2C(N)=S)CC1=O. The maximum Gasteiger partial charge on any atom is 0.241 e. The van der Waals surface area contributed by atoms with Crippen LogP contribution in [0.15, 0.2) is 22.7 Å². The molecular formula is C12H14BrN3OS. The van der Waals surface area contributed by atoms with Crippen molar-refractivity contribution in [2.45, 2.75) is 0 Å². The summed E-state index contributed by atoms with van der Waals surface area (Å²) in [6, 6.07) is 5.76. The second kappa shape index (κ2) is 5.24. The van der Waals surface area contributed by atoms with Crippen molar-refractivity contribution in [1.82, 2.24) is 4.90 Å². The Morgan fingerprint density at radius 2 is 2.17 bits per heavy atom. The molecule has 0 radical (unpaired) electrons. The molecule has 0 atom stereocenters. The Bertz CT molecular complexity index is 506. The minimum absolute atomic E-state index is 0.109. The lowest BCUT2D eigenvalue weighted by Crippen LogP contribution is -2.49. The molecule has 2 N–H and O–H groups in total. The average molecular weight is 328 g/mol. The number of anilines is 1. The summed E-state index contributed by atoms with van der Waals surface area (Å²) in [6.45, 7) is 1.87. The summed E-state index contributed by atoms with van der Waals surface area (Å²) in [5.74, 6) is 0.109. The number of carbonyl (C=O) groups is 1. The lowest BCUT2D eigenvalue weighted by molar-refractivity contribution is -0.129. The minimum atomic E-state index is 0.109. The van der Waals surface area contributed by atoms with Gasteiger partial charge < -0.3 is 15.5 Å². The zero-order valence-corrected chi connectivity index (χ0v) is 12.4. The molecule has 0 aromatic heterocycles. The number of hydrogen-bond acceptors (Lipinski definition) is 3. The zero-order chi connectivity index (χ0) is 13.3. The van der Waals surface area contributed by atoms with Gasteiger partial charge in [-0.05, 0) is 18.2 Å². The van der Waals surface area contributed by atoms with Gasteiger partial charge in [-0.3, -0.25) is 4.79 Å². The zero-order valence-electron chi connectivity index (χ0n) is 10.0. The Kier molecular flexibility index (Phi) is 3.87. The maximum absolute atomic E-state index is 11.7. The predicted molar refractivity (Wildman–Crippen MR) is 79.9 cm³/mol. The quantitative estimate of drug-likeness (QED) is 0.833. The number of rotatable bonds is 2. The summed E-state index contributed by atoms with van der Waals surface area (Å²) >= 11 is 8.47. The topological polar surface area (TPSA) is 49.6 Å². The van der Waals surface area contributed by atoms with E-state index in [2.05, 4.69) is 15.9 Å². The highest BCUT2D eigenvalue weighted by Gasteiger charge is 2.23. The highest BCUT2D eigenvalue weighted by atomic mass is 79.9. The van der Waals surface area contributed by atoms with Crippen molar-refractivity contribution in [3.8, 4) is 0 Å². The lowest BCUT2D eigenvalue weighted by atomic mass is 10.1. The molecule has 1 aromatic rings.